The average Bonchev–Trinajstić information content (AvgIpc) is 2.70. The molecular weight excluding hydrogens is 334 g/mol. The van der Waals surface area contributed by atoms with Crippen molar-refractivity contribution in [1.29, 1.82) is 0 Å². The van der Waals surface area contributed by atoms with E-state index in [4.69, 9.17) is 0 Å². The minimum atomic E-state index is 0.279. The highest BCUT2D eigenvalue weighted by molar-refractivity contribution is 6.02. The maximum atomic E-state index is 10.2. The lowest BCUT2D eigenvalue weighted by Gasteiger charge is -2.30. The number of aromatic hydroxyl groups is 1. The lowest BCUT2D eigenvalue weighted by atomic mass is 10.0. The summed E-state index contributed by atoms with van der Waals surface area (Å²) in [5, 5.41) is 19.2. The quantitative estimate of drug-likeness (QED) is 0.702. The summed E-state index contributed by atoms with van der Waals surface area (Å²) in [7, 11) is 0. The molecule has 0 aromatic heterocycles. The van der Waals surface area contributed by atoms with Crippen molar-refractivity contribution in [2.75, 3.05) is 26.2 Å². The van der Waals surface area contributed by atoms with Crippen molar-refractivity contribution < 1.29 is 10.0 Å². The third-order valence-electron chi connectivity index (χ3n) is 5.32. The molecule has 27 heavy (non-hydrogen) atoms. The van der Waals surface area contributed by atoms with Crippen molar-refractivity contribution >= 4 is 17.0 Å². The highest BCUT2D eigenvalue weighted by Gasteiger charge is 2.18. The van der Waals surface area contributed by atoms with E-state index < -0.39 is 0 Å². The number of fused-ring (bicyclic) bond motifs is 1. The molecule has 0 spiro atoms. The minimum Gasteiger partial charge on any atom is -0.507 e. The Balaban J connectivity index is 1.39. The highest BCUT2D eigenvalue weighted by atomic mass is 16.3. The summed E-state index contributed by atoms with van der Waals surface area (Å²) in [4.78, 5) is 1.60. The second-order valence-electron chi connectivity index (χ2n) is 7.33. The predicted molar refractivity (Wildman–Crippen MR) is 110 cm³/mol. The van der Waals surface area contributed by atoms with Crippen LogP contribution >= 0.6 is 0 Å². The Bertz CT molecular complexity index is 941. The second-order valence-corrected chi connectivity index (χ2v) is 7.33. The van der Waals surface area contributed by atoms with Gasteiger partial charge in [0.15, 0.2) is 0 Å². The molecule has 0 atom stereocenters. The number of hydrazone groups is 1. The van der Waals surface area contributed by atoms with Gasteiger partial charge in [0, 0.05) is 11.1 Å². The van der Waals surface area contributed by atoms with Crippen molar-refractivity contribution in [3.05, 3.63) is 77.4 Å². The summed E-state index contributed by atoms with van der Waals surface area (Å²) in [6.45, 7) is 7.22. The van der Waals surface area contributed by atoms with Crippen LogP contribution in [0.15, 0.2) is 65.8 Å². The normalized spacial score (nSPS) is 15.7. The molecule has 0 amide bonds. The van der Waals surface area contributed by atoms with Crippen LogP contribution in [0.2, 0.25) is 0 Å². The molecule has 1 saturated heterocycles. The molecular formula is C23H26N3O+. The Morgan fingerprint density at radius 1 is 1.00 bits per heavy atom. The van der Waals surface area contributed by atoms with Gasteiger partial charge in [-0.15, -0.1) is 0 Å². The first-order chi connectivity index (χ1) is 13.2. The summed E-state index contributed by atoms with van der Waals surface area (Å²) in [5.74, 6) is 0.279. The van der Waals surface area contributed by atoms with Crippen molar-refractivity contribution in [2.24, 2.45) is 5.10 Å². The van der Waals surface area contributed by atoms with Gasteiger partial charge in [-0.05, 0) is 23.8 Å². The molecule has 4 rings (SSSR count). The SMILES string of the molecule is Cc1ccc(C[NH+]2CCN(/N=C/c3c(O)ccc4ccccc34)CC2)cc1. The van der Waals surface area contributed by atoms with Gasteiger partial charge in [-0.2, -0.15) is 5.10 Å². The zero-order valence-corrected chi connectivity index (χ0v) is 15.7. The fraction of sp³-hybridized carbons (Fsp3) is 0.261. The molecule has 0 radical (unpaired) electrons. The molecule has 2 N–H and O–H groups in total. The van der Waals surface area contributed by atoms with Gasteiger partial charge in [0.2, 0.25) is 0 Å². The largest absolute Gasteiger partial charge is 0.507 e. The van der Waals surface area contributed by atoms with E-state index >= 15 is 0 Å². The van der Waals surface area contributed by atoms with Crippen LogP contribution in [0.4, 0.5) is 0 Å². The molecule has 0 bridgehead atoms. The van der Waals surface area contributed by atoms with Crippen LogP contribution in [0.3, 0.4) is 0 Å². The first kappa shape index (κ1) is 17.6. The third-order valence-corrected chi connectivity index (χ3v) is 5.32. The molecule has 3 aromatic rings. The van der Waals surface area contributed by atoms with E-state index in [0.29, 0.717) is 0 Å². The molecule has 4 heteroatoms. The Morgan fingerprint density at radius 3 is 2.52 bits per heavy atom. The number of phenols is 1. The number of quaternary nitrogens is 1. The van der Waals surface area contributed by atoms with E-state index in [9.17, 15) is 5.11 Å². The van der Waals surface area contributed by atoms with E-state index in [0.717, 1.165) is 49.1 Å². The maximum absolute atomic E-state index is 10.2. The number of hydrogen-bond acceptors (Lipinski definition) is 3. The van der Waals surface area contributed by atoms with Crippen LogP contribution < -0.4 is 4.90 Å². The Labute approximate surface area is 160 Å². The lowest BCUT2D eigenvalue weighted by molar-refractivity contribution is -0.918. The molecule has 0 saturated carbocycles. The molecule has 1 heterocycles. The molecule has 0 unspecified atom stereocenters. The number of piperazine rings is 1. The van der Waals surface area contributed by atoms with Crippen LogP contribution in [0.5, 0.6) is 5.75 Å². The van der Waals surface area contributed by atoms with Crippen LogP contribution in [0.25, 0.3) is 10.8 Å². The van der Waals surface area contributed by atoms with Gasteiger partial charge in [0.05, 0.1) is 32.4 Å². The van der Waals surface area contributed by atoms with Gasteiger partial charge in [-0.3, -0.25) is 5.01 Å². The standard InChI is InChI=1S/C23H25N3O/c1-18-6-8-19(9-7-18)17-25-12-14-26(15-13-25)24-16-22-21-5-3-2-4-20(21)10-11-23(22)27/h2-11,16,27H,12-15,17H2,1H3/p+1/b24-16+. The fourth-order valence-corrected chi connectivity index (χ4v) is 3.66. The fourth-order valence-electron chi connectivity index (χ4n) is 3.66. The molecule has 4 nitrogen and oxygen atoms in total. The molecule has 3 aromatic carbocycles. The summed E-state index contributed by atoms with van der Waals surface area (Å²) in [6, 6.07) is 20.6. The molecule has 138 valence electrons. The smallest absolute Gasteiger partial charge is 0.125 e. The first-order valence-corrected chi connectivity index (χ1v) is 9.58. The van der Waals surface area contributed by atoms with E-state index in [1.165, 1.54) is 11.1 Å². The number of benzene rings is 3. The van der Waals surface area contributed by atoms with Crippen molar-refractivity contribution in [3.8, 4) is 5.75 Å². The summed E-state index contributed by atoms with van der Waals surface area (Å²) >= 11 is 0. The van der Waals surface area contributed by atoms with Gasteiger partial charge in [0.25, 0.3) is 0 Å². The Morgan fingerprint density at radius 2 is 1.74 bits per heavy atom. The number of rotatable bonds is 4. The second kappa shape index (κ2) is 7.80. The predicted octanol–water partition coefficient (Wildman–Crippen LogP) is 2.59. The van der Waals surface area contributed by atoms with Gasteiger partial charge < -0.3 is 10.0 Å². The number of phenolic OH excluding ortho intramolecular Hbond substituents is 1. The zero-order chi connectivity index (χ0) is 18.6. The van der Waals surface area contributed by atoms with Gasteiger partial charge in [-0.1, -0.05) is 60.2 Å². The molecule has 0 aliphatic carbocycles. The van der Waals surface area contributed by atoms with Crippen LogP contribution in [0.1, 0.15) is 16.7 Å². The van der Waals surface area contributed by atoms with Crippen molar-refractivity contribution in [2.45, 2.75) is 13.5 Å². The van der Waals surface area contributed by atoms with Crippen molar-refractivity contribution in [1.82, 2.24) is 5.01 Å². The number of aryl methyl sites for hydroxylation is 1. The summed E-state index contributed by atoms with van der Waals surface area (Å²) in [6.07, 6.45) is 1.81. The van der Waals surface area contributed by atoms with E-state index in [-0.39, 0.29) is 5.75 Å². The highest BCUT2D eigenvalue weighted by Crippen LogP contribution is 2.25. The molecule has 1 aliphatic heterocycles. The Hall–Kier alpha value is -2.85. The van der Waals surface area contributed by atoms with Crippen molar-refractivity contribution in [3.63, 3.8) is 0 Å². The average molecular weight is 360 g/mol. The maximum Gasteiger partial charge on any atom is 0.125 e. The monoisotopic (exact) mass is 360 g/mol. The van der Waals surface area contributed by atoms with Crippen LogP contribution in [-0.2, 0) is 6.54 Å². The van der Waals surface area contributed by atoms with Gasteiger partial charge in [-0.25, -0.2) is 0 Å². The van der Waals surface area contributed by atoms with E-state index in [2.05, 4.69) is 47.4 Å². The molecule has 1 fully saturated rings. The zero-order valence-electron chi connectivity index (χ0n) is 15.7. The van der Waals surface area contributed by atoms with Crippen LogP contribution in [-0.4, -0.2) is 42.5 Å². The van der Waals surface area contributed by atoms with Gasteiger partial charge in [0.1, 0.15) is 12.3 Å². The van der Waals surface area contributed by atoms with E-state index in [1.54, 1.807) is 11.0 Å². The Kier molecular flexibility index (Phi) is 5.07. The van der Waals surface area contributed by atoms with Crippen LogP contribution in [0, 0.1) is 6.92 Å². The summed E-state index contributed by atoms with van der Waals surface area (Å²) < 4.78 is 0. The number of hydrogen-bond donors (Lipinski definition) is 2. The first-order valence-electron chi connectivity index (χ1n) is 9.58. The number of nitrogens with one attached hydrogen (secondary N) is 1. The lowest BCUT2D eigenvalue weighted by Crippen LogP contribution is -3.13. The number of nitrogens with zero attached hydrogens (tertiary/aromatic N) is 2. The molecule has 1 aliphatic rings. The van der Waals surface area contributed by atoms with E-state index in [1.807, 2.05) is 30.5 Å². The van der Waals surface area contributed by atoms with Gasteiger partial charge >= 0.3 is 0 Å². The summed E-state index contributed by atoms with van der Waals surface area (Å²) in [5.41, 5.74) is 3.50. The third kappa shape index (κ3) is 4.12. The topological polar surface area (TPSA) is 40.3 Å². The minimum absolute atomic E-state index is 0.279.